The maximum absolute atomic E-state index is 12.3. The third kappa shape index (κ3) is 4.15. The molecule has 0 aliphatic carbocycles. The molecule has 0 aliphatic rings. The topological polar surface area (TPSA) is 85.1 Å². The zero-order valence-corrected chi connectivity index (χ0v) is 14.0. The molecule has 0 radical (unpaired) electrons. The maximum atomic E-state index is 12.3. The molecule has 0 saturated heterocycles. The number of hydrogen-bond donors (Lipinski definition) is 2. The van der Waals surface area contributed by atoms with E-state index in [4.69, 9.17) is 28.9 Å². The summed E-state index contributed by atoms with van der Waals surface area (Å²) in [5.41, 5.74) is 6.02. The number of aromatic nitrogens is 1. The van der Waals surface area contributed by atoms with Gasteiger partial charge in [0.05, 0.1) is 10.0 Å². The first-order valence-corrected chi connectivity index (χ1v) is 9.12. The smallest absolute Gasteiger partial charge is 0.242 e. The number of nitrogens with zero attached hydrogens (tertiary/aromatic N) is 1. The van der Waals surface area contributed by atoms with Crippen molar-refractivity contribution < 1.29 is 8.42 Å². The van der Waals surface area contributed by atoms with Gasteiger partial charge in [-0.25, -0.2) is 18.1 Å². The van der Waals surface area contributed by atoms with Crippen molar-refractivity contribution in [2.75, 3.05) is 6.54 Å². The Morgan fingerprint density at radius 1 is 1.33 bits per heavy atom. The number of sulfonamides is 1. The molecule has 3 N–H and O–H groups in total. The van der Waals surface area contributed by atoms with Crippen LogP contribution >= 0.6 is 34.5 Å². The van der Waals surface area contributed by atoms with Gasteiger partial charge in [-0.15, -0.1) is 11.3 Å². The first-order chi connectivity index (χ1) is 9.94. The summed E-state index contributed by atoms with van der Waals surface area (Å²) in [4.78, 5) is 4.03. The van der Waals surface area contributed by atoms with Crippen LogP contribution in [0.4, 0.5) is 0 Å². The van der Waals surface area contributed by atoms with Gasteiger partial charge >= 0.3 is 0 Å². The molecule has 21 heavy (non-hydrogen) atoms. The highest BCUT2D eigenvalue weighted by Crippen LogP contribution is 2.29. The first-order valence-electron chi connectivity index (χ1n) is 6.00. The van der Waals surface area contributed by atoms with E-state index >= 15 is 0 Å². The van der Waals surface area contributed by atoms with Gasteiger partial charge in [-0.05, 0) is 17.7 Å². The van der Waals surface area contributed by atoms with Gasteiger partial charge in [0, 0.05) is 36.1 Å². The molecule has 1 aromatic carbocycles. The number of rotatable bonds is 6. The van der Waals surface area contributed by atoms with Crippen molar-refractivity contribution in [1.29, 1.82) is 0 Å². The lowest BCUT2D eigenvalue weighted by Gasteiger charge is -2.11. The highest BCUT2D eigenvalue weighted by atomic mass is 35.5. The molecule has 0 atom stereocenters. The van der Waals surface area contributed by atoms with Gasteiger partial charge < -0.3 is 5.73 Å². The van der Waals surface area contributed by atoms with E-state index in [0.29, 0.717) is 12.0 Å². The van der Waals surface area contributed by atoms with Crippen LogP contribution in [0.5, 0.6) is 0 Å². The second-order valence-corrected chi connectivity index (χ2v) is 7.68. The average molecular weight is 366 g/mol. The molecule has 0 spiro atoms. The summed E-state index contributed by atoms with van der Waals surface area (Å²) in [5, 5.41) is 3.08. The molecule has 1 aromatic heterocycles. The number of halogens is 2. The lowest BCUT2D eigenvalue weighted by molar-refractivity contribution is 0.581. The van der Waals surface area contributed by atoms with Crippen molar-refractivity contribution >= 4 is 44.6 Å². The highest BCUT2D eigenvalue weighted by Gasteiger charge is 2.20. The van der Waals surface area contributed by atoms with Gasteiger partial charge in [0.1, 0.15) is 4.90 Å². The Morgan fingerprint density at radius 3 is 2.71 bits per heavy atom. The summed E-state index contributed by atoms with van der Waals surface area (Å²) in [6.07, 6.45) is 2.19. The molecule has 9 heteroatoms. The summed E-state index contributed by atoms with van der Waals surface area (Å²) in [6.45, 7) is 0.345. The van der Waals surface area contributed by atoms with E-state index in [0.717, 1.165) is 5.01 Å². The number of thiazole rings is 1. The lowest BCUT2D eigenvalue weighted by Crippen LogP contribution is -2.26. The van der Waals surface area contributed by atoms with Crippen molar-refractivity contribution in [2.45, 2.75) is 17.9 Å². The Kier molecular flexibility index (Phi) is 5.59. The molecule has 0 aliphatic heterocycles. The van der Waals surface area contributed by atoms with Crippen LogP contribution in [-0.4, -0.2) is 19.9 Å². The standard InChI is InChI=1S/C12H13Cl2N3O2S2/c13-9-5-8(7-15)12(14)10(6-9)21(18,19)17-2-1-11-16-3-4-20-11/h3-6,17H,1-2,7,15H2. The summed E-state index contributed by atoms with van der Waals surface area (Å²) in [7, 11) is -3.74. The van der Waals surface area contributed by atoms with Gasteiger partial charge in [0.25, 0.3) is 0 Å². The first kappa shape index (κ1) is 16.7. The predicted molar refractivity (Wildman–Crippen MR) is 85.4 cm³/mol. The summed E-state index contributed by atoms with van der Waals surface area (Å²) in [6, 6.07) is 2.87. The van der Waals surface area contributed by atoms with Gasteiger partial charge in [-0.3, -0.25) is 0 Å². The molecule has 114 valence electrons. The molecule has 2 aromatic rings. The zero-order chi connectivity index (χ0) is 15.5. The Bertz CT molecular complexity index is 718. The Morgan fingerprint density at radius 2 is 2.10 bits per heavy atom. The third-order valence-electron chi connectivity index (χ3n) is 2.70. The van der Waals surface area contributed by atoms with Crippen LogP contribution in [-0.2, 0) is 23.0 Å². The summed E-state index contributed by atoms with van der Waals surface area (Å²) >= 11 is 13.5. The molecule has 0 amide bonds. The fraction of sp³-hybridized carbons (Fsp3) is 0.250. The molecule has 5 nitrogen and oxygen atoms in total. The van der Waals surface area contributed by atoms with E-state index in [1.165, 1.54) is 17.4 Å². The molecular formula is C12H13Cl2N3O2S2. The monoisotopic (exact) mass is 365 g/mol. The van der Waals surface area contributed by atoms with E-state index in [1.807, 2.05) is 5.38 Å². The van der Waals surface area contributed by atoms with Crippen LogP contribution in [0, 0.1) is 0 Å². The van der Waals surface area contributed by atoms with E-state index in [9.17, 15) is 8.42 Å². The predicted octanol–water partition coefficient (Wildman–Crippen LogP) is 2.43. The number of nitrogens with one attached hydrogen (secondary N) is 1. The number of nitrogens with two attached hydrogens (primary N) is 1. The van der Waals surface area contributed by atoms with Crippen LogP contribution < -0.4 is 10.5 Å². The minimum Gasteiger partial charge on any atom is -0.326 e. The van der Waals surface area contributed by atoms with Crippen molar-refractivity contribution in [3.8, 4) is 0 Å². The third-order valence-corrected chi connectivity index (χ3v) is 5.80. The molecule has 0 unspecified atom stereocenters. The molecule has 0 fully saturated rings. The SMILES string of the molecule is NCc1cc(Cl)cc(S(=O)(=O)NCCc2nccs2)c1Cl. The largest absolute Gasteiger partial charge is 0.326 e. The molecule has 0 bridgehead atoms. The lowest BCUT2D eigenvalue weighted by atomic mass is 10.2. The van der Waals surface area contributed by atoms with Crippen LogP contribution in [0.25, 0.3) is 0 Å². The minimum atomic E-state index is -3.74. The Hall–Kier alpha value is -0.700. The van der Waals surface area contributed by atoms with Crippen molar-refractivity contribution in [2.24, 2.45) is 5.73 Å². The van der Waals surface area contributed by atoms with E-state index < -0.39 is 10.0 Å². The summed E-state index contributed by atoms with van der Waals surface area (Å²) < 4.78 is 27.1. The van der Waals surface area contributed by atoms with Gasteiger partial charge in [0.15, 0.2) is 0 Å². The van der Waals surface area contributed by atoms with Gasteiger partial charge in [-0.1, -0.05) is 23.2 Å². The number of benzene rings is 1. The fourth-order valence-corrected chi connectivity index (χ4v) is 4.30. The highest BCUT2D eigenvalue weighted by molar-refractivity contribution is 7.89. The van der Waals surface area contributed by atoms with Crippen LogP contribution in [0.1, 0.15) is 10.6 Å². The van der Waals surface area contributed by atoms with Gasteiger partial charge in [0.2, 0.25) is 10.0 Å². The summed E-state index contributed by atoms with van der Waals surface area (Å²) in [5.74, 6) is 0. The molecule has 0 saturated carbocycles. The average Bonchev–Trinajstić information content (AvgIpc) is 2.93. The fourth-order valence-electron chi connectivity index (χ4n) is 1.71. The van der Waals surface area contributed by atoms with Crippen LogP contribution in [0.2, 0.25) is 10.0 Å². The normalized spacial score (nSPS) is 11.8. The maximum Gasteiger partial charge on any atom is 0.242 e. The van der Waals surface area contributed by atoms with Gasteiger partial charge in [-0.2, -0.15) is 0 Å². The van der Waals surface area contributed by atoms with Crippen LogP contribution in [0.3, 0.4) is 0 Å². The van der Waals surface area contributed by atoms with Crippen molar-refractivity contribution in [3.63, 3.8) is 0 Å². The van der Waals surface area contributed by atoms with Crippen LogP contribution in [0.15, 0.2) is 28.6 Å². The van der Waals surface area contributed by atoms with E-state index in [1.54, 1.807) is 12.3 Å². The Labute approximate surface area is 137 Å². The molecule has 1 heterocycles. The minimum absolute atomic E-state index is 0.0590. The number of hydrogen-bond acceptors (Lipinski definition) is 5. The second kappa shape index (κ2) is 7.04. The zero-order valence-electron chi connectivity index (χ0n) is 10.8. The quantitative estimate of drug-likeness (QED) is 0.822. The van der Waals surface area contributed by atoms with E-state index in [2.05, 4.69) is 9.71 Å². The molecule has 2 rings (SSSR count). The Balaban J connectivity index is 2.17. The van der Waals surface area contributed by atoms with Crippen molar-refractivity contribution in [3.05, 3.63) is 44.3 Å². The second-order valence-electron chi connectivity index (χ2n) is 4.15. The van der Waals surface area contributed by atoms with E-state index in [-0.39, 0.29) is 28.0 Å². The van der Waals surface area contributed by atoms with Crippen molar-refractivity contribution in [1.82, 2.24) is 9.71 Å². The molecular weight excluding hydrogens is 353 g/mol.